The molecule has 1 aliphatic rings. The minimum atomic E-state index is -0.456. The number of hydrogen-bond donors (Lipinski definition) is 3. The smallest absolute Gasteiger partial charge is 0.294 e. The van der Waals surface area contributed by atoms with Gasteiger partial charge >= 0.3 is 0 Å². The number of hydrogen-bond acceptors (Lipinski definition) is 5. The van der Waals surface area contributed by atoms with Gasteiger partial charge in [0.25, 0.3) is 5.69 Å². The molecule has 1 amide bonds. The maximum absolute atomic E-state index is 11.4. The van der Waals surface area contributed by atoms with Crippen molar-refractivity contribution in [1.82, 2.24) is 0 Å². The number of nitro groups is 1. The summed E-state index contributed by atoms with van der Waals surface area (Å²) in [6, 6.07) is 3.17. The number of benzene rings is 1. The quantitative estimate of drug-likeness (QED) is 0.550. The molecule has 1 aliphatic heterocycles. The van der Waals surface area contributed by atoms with Gasteiger partial charge < -0.3 is 15.7 Å². The van der Waals surface area contributed by atoms with Crippen molar-refractivity contribution >= 4 is 23.0 Å². The number of fused-ring (bicyclic) bond motifs is 1. The number of carbonyl (C=O) groups is 1. The standard InChI is InChI=1S/C14H19N3O4/c1-9(3-2-6-18)15-12-7-10-4-5-14(19)16-11(10)8-13(12)17(20)21/h7-9,15,18H,2-6H2,1H3,(H,16,19). The van der Waals surface area contributed by atoms with Gasteiger partial charge in [-0.1, -0.05) is 0 Å². The molecular weight excluding hydrogens is 274 g/mol. The summed E-state index contributed by atoms with van der Waals surface area (Å²) in [4.78, 5) is 22.1. The highest BCUT2D eigenvalue weighted by atomic mass is 16.6. The first kappa shape index (κ1) is 15.2. The van der Waals surface area contributed by atoms with Crippen molar-refractivity contribution in [2.45, 2.75) is 38.6 Å². The van der Waals surface area contributed by atoms with E-state index in [0.717, 1.165) is 12.0 Å². The molecule has 1 unspecified atom stereocenters. The van der Waals surface area contributed by atoms with Crippen LogP contribution in [-0.2, 0) is 11.2 Å². The predicted molar refractivity (Wildman–Crippen MR) is 79.5 cm³/mol. The molecule has 3 N–H and O–H groups in total. The van der Waals surface area contributed by atoms with E-state index < -0.39 is 4.92 Å². The van der Waals surface area contributed by atoms with Crippen LogP contribution in [0.15, 0.2) is 12.1 Å². The Morgan fingerprint density at radius 3 is 2.90 bits per heavy atom. The molecule has 1 heterocycles. The minimum Gasteiger partial charge on any atom is -0.396 e. The van der Waals surface area contributed by atoms with Crippen LogP contribution in [0.3, 0.4) is 0 Å². The Kier molecular flexibility index (Phi) is 4.74. The lowest BCUT2D eigenvalue weighted by Crippen LogP contribution is -2.21. The number of nitrogens with zero attached hydrogens (tertiary/aromatic N) is 1. The molecule has 21 heavy (non-hydrogen) atoms. The Hall–Kier alpha value is -2.15. The second kappa shape index (κ2) is 6.53. The maximum Gasteiger partial charge on any atom is 0.294 e. The summed E-state index contributed by atoms with van der Waals surface area (Å²) < 4.78 is 0. The average molecular weight is 293 g/mol. The predicted octanol–water partition coefficient (Wildman–Crippen LogP) is 2.05. The summed E-state index contributed by atoms with van der Waals surface area (Å²) >= 11 is 0. The molecule has 0 saturated heterocycles. The lowest BCUT2D eigenvalue weighted by molar-refractivity contribution is -0.383. The summed E-state index contributed by atoms with van der Waals surface area (Å²) in [6.45, 7) is 2.02. The average Bonchev–Trinajstić information content (AvgIpc) is 2.44. The number of nitrogens with one attached hydrogen (secondary N) is 2. The van der Waals surface area contributed by atoms with Crippen LogP contribution in [0.1, 0.15) is 31.7 Å². The molecule has 1 aromatic carbocycles. The van der Waals surface area contributed by atoms with E-state index in [0.29, 0.717) is 30.6 Å². The minimum absolute atomic E-state index is 0.0204. The fourth-order valence-corrected chi connectivity index (χ4v) is 2.42. The zero-order valence-corrected chi connectivity index (χ0v) is 11.9. The first-order valence-corrected chi connectivity index (χ1v) is 7.00. The van der Waals surface area contributed by atoms with Crippen molar-refractivity contribution in [1.29, 1.82) is 0 Å². The zero-order valence-electron chi connectivity index (χ0n) is 11.9. The van der Waals surface area contributed by atoms with Crippen LogP contribution in [0.25, 0.3) is 0 Å². The third kappa shape index (κ3) is 3.69. The van der Waals surface area contributed by atoms with Crippen molar-refractivity contribution in [2.24, 2.45) is 0 Å². The summed E-state index contributed by atoms with van der Waals surface area (Å²) in [5.41, 5.74) is 1.83. The second-order valence-electron chi connectivity index (χ2n) is 5.24. The van der Waals surface area contributed by atoms with E-state index in [1.54, 1.807) is 6.07 Å². The molecule has 0 fully saturated rings. The molecule has 7 heteroatoms. The molecule has 0 radical (unpaired) electrons. The summed E-state index contributed by atoms with van der Waals surface area (Å²) in [5.74, 6) is -0.117. The lowest BCUT2D eigenvalue weighted by atomic mass is 10.0. The molecule has 0 spiro atoms. The highest BCUT2D eigenvalue weighted by Crippen LogP contribution is 2.34. The highest BCUT2D eigenvalue weighted by molar-refractivity contribution is 5.95. The molecule has 1 atom stereocenters. The van der Waals surface area contributed by atoms with Crippen molar-refractivity contribution in [3.63, 3.8) is 0 Å². The molecule has 114 valence electrons. The number of carbonyl (C=O) groups excluding carboxylic acids is 1. The Morgan fingerprint density at radius 2 is 2.24 bits per heavy atom. The van der Waals surface area contributed by atoms with Gasteiger partial charge in [0.2, 0.25) is 5.91 Å². The molecule has 7 nitrogen and oxygen atoms in total. The third-order valence-electron chi connectivity index (χ3n) is 3.51. The number of rotatable bonds is 6. The Balaban J connectivity index is 2.27. The maximum atomic E-state index is 11.4. The number of nitro benzene ring substituents is 1. The topological polar surface area (TPSA) is 104 Å². The van der Waals surface area contributed by atoms with Crippen LogP contribution in [-0.4, -0.2) is 28.6 Å². The number of aliphatic hydroxyl groups is 1. The Morgan fingerprint density at radius 1 is 1.48 bits per heavy atom. The third-order valence-corrected chi connectivity index (χ3v) is 3.51. The van der Waals surface area contributed by atoms with E-state index in [2.05, 4.69) is 10.6 Å². The SMILES string of the molecule is CC(CCCO)Nc1cc2c(cc1[N+](=O)[O-])NC(=O)CC2. The first-order valence-electron chi connectivity index (χ1n) is 7.00. The van der Waals surface area contributed by atoms with Gasteiger partial charge in [-0.15, -0.1) is 0 Å². The van der Waals surface area contributed by atoms with Crippen LogP contribution >= 0.6 is 0 Å². The first-order chi connectivity index (χ1) is 10.0. The van der Waals surface area contributed by atoms with Crippen LogP contribution in [0.4, 0.5) is 17.1 Å². The molecule has 0 aliphatic carbocycles. The second-order valence-corrected chi connectivity index (χ2v) is 5.24. The van der Waals surface area contributed by atoms with Gasteiger partial charge in [-0.3, -0.25) is 14.9 Å². The lowest BCUT2D eigenvalue weighted by Gasteiger charge is -2.20. The van der Waals surface area contributed by atoms with Gasteiger partial charge in [-0.05, 0) is 37.8 Å². The van der Waals surface area contributed by atoms with Crippen LogP contribution in [0, 0.1) is 10.1 Å². The van der Waals surface area contributed by atoms with E-state index in [9.17, 15) is 14.9 Å². The summed E-state index contributed by atoms with van der Waals surface area (Å²) in [7, 11) is 0. The summed E-state index contributed by atoms with van der Waals surface area (Å²) in [5, 5.41) is 25.8. The van der Waals surface area contributed by atoms with Crippen molar-refractivity contribution in [2.75, 3.05) is 17.2 Å². The molecule has 1 aromatic rings. The normalized spacial score (nSPS) is 15.0. The summed E-state index contributed by atoms with van der Waals surface area (Å²) in [6.07, 6.45) is 2.34. The van der Waals surface area contributed by atoms with Crippen molar-refractivity contribution in [3.05, 3.63) is 27.8 Å². The van der Waals surface area contributed by atoms with Crippen molar-refractivity contribution < 1.29 is 14.8 Å². The van der Waals surface area contributed by atoms with Gasteiger partial charge in [-0.2, -0.15) is 0 Å². The van der Waals surface area contributed by atoms with E-state index in [4.69, 9.17) is 5.11 Å². The van der Waals surface area contributed by atoms with Gasteiger partial charge in [0, 0.05) is 25.1 Å². The fourth-order valence-electron chi connectivity index (χ4n) is 2.42. The number of amides is 1. The van der Waals surface area contributed by atoms with E-state index >= 15 is 0 Å². The molecular formula is C14H19N3O4. The monoisotopic (exact) mass is 293 g/mol. The largest absolute Gasteiger partial charge is 0.396 e. The molecule has 0 saturated carbocycles. The molecule has 0 bridgehead atoms. The number of anilines is 2. The van der Waals surface area contributed by atoms with Crippen LogP contribution in [0.5, 0.6) is 0 Å². The van der Waals surface area contributed by atoms with E-state index in [1.165, 1.54) is 6.07 Å². The van der Waals surface area contributed by atoms with Crippen LogP contribution < -0.4 is 10.6 Å². The number of aliphatic hydroxyl groups excluding tert-OH is 1. The zero-order chi connectivity index (χ0) is 15.4. The van der Waals surface area contributed by atoms with Gasteiger partial charge in [-0.25, -0.2) is 0 Å². The van der Waals surface area contributed by atoms with Gasteiger partial charge in [0.05, 0.1) is 10.6 Å². The van der Waals surface area contributed by atoms with E-state index in [-0.39, 0.29) is 24.2 Å². The van der Waals surface area contributed by atoms with Gasteiger partial charge in [0.1, 0.15) is 5.69 Å². The number of aryl methyl sites for hydroxylation is 1. The Labute approximate surface area is 122 Å². The van der Waals surface area contributed by atoms with Gasteiger partial charge in [0.15, 0.2) is 0 Å². The molecule has 0 aromatic heterocycles. The molecule has 2 rings (SSSR count). The van der Waals surface area contributed by atoms with Crippen LogP contribution in [0.2, 0.25) is 0 Å². The fraction of sp³-hybridized carbons (Fsp3) is 0.500. The highest BCUT2D eigenvalue weighted by Gasteiger charge is 2.23. The van der Waals surface area contributed by atoms with E-state index in [1.807, 2.05) is 6.92 Å². The Bertz CT molecular complexity index is 559. The van der Waals surface area contributed by atoms with Crippen molar-refractivity contribution in [3.8, 4) is 0 Å².